The summed E-state index contributed by atoms with van der Waals surface area (Å²) in [4.78, 5) is 0. The third-order valence-electron chi connectivity index (χ3n) is 4.83. The van der Waals surface area contributed by atoms with Crippen LogP contribution in [0.5, 0.6) is 0 Å². The van der Waals surface area contributed by atoms with Crippen molar-refractivity contribution >= 4 is 0 Å². The topological polar surface area (TPSA) is 20.2 Å². The fourth-order valence-electron chi connectivity index (χ4n) is 3.16. The number of rotatable bonds is 1. The molecule has 90 valence electrons. The van der Waals surface area contributed by atoms with E-state index in [1.807, 2.05) is 13.8 Å². The minimum absolute atomic E-state index is 0.275. The fraction of sp³-hybridized carbons (Fsp3) is 0.733. The van der Waals surface area contributed by atoms with E-state index in [1.165, 1.54) is 12.0 Å². The molecular weight excluding hydrogens is 196 g/mol. The van der Waals surface area contributed by atoms with Gasteiger partial charge in [-0.15, -0.1) is 0 Å². The normalized spacial score (nSPS) is 39.2. The van der Waals surface area contributed by atoms with Gasteiger partial charge in [-0.1, -0.05) is 32.1 Å². The third-order valence-corrected chi connectivity index (χ3v) is 4.83. The zero-order chi connectivity index (χ0) is 12.0. The van der Waals surface area contributed by atoms with Crippen molar-refractivity contribution in [1.82, 2.24) is 0 Å². The highest BCUT2D eigenvalue weighted by molar-refractivity contribution is 5.33. The van der Waals surface area contributed by atoms with Gasteiger partial charge in [-0.25, -0.2) is 0 Å². The van der Waals surface area contributed by atoms with Gasteiger partial charge in [0.05, 0.1) is 5.60 Å². The van der Waals surface area contributed by atoms with E-state index in [1.54, 1.807) is 0 Å². The molecule has 0 bridgehead atoms. The van der Waals surface area contributed by atoms with Gasteiger partial charge in [-0.3, -0.25) is 0 Å². The Morgan fingerprint density at radius 1 is 1.38 bits per heavy atom. The Kier molecular flexibility index (Phi) is 2.78. The Hall–Kier alpha value is -0.560. The van der Waals surface area contributed by atoms with Crippen LogP contribution in [0.4, 0.5) is 0 Å². The molecule has 2 aliphatic rings. The van der Waals surface area contributed by atoms with Gasteiger partial charge in [0, 0.05) is 0 Å². The molecule has 0 saturated heterocycles. The van der Waals surface area contributed by atoms with Crippen LogP contribution in [0.3, 0.4) is 0 Å². The maximum atomic E-state index is 10.2. The van der Waals surface area contributed by atoms with E-state index < -0.39 is 5.60 Å². The summed E-state index contributed by atoms with van der Waals surface area (Å²) in [6, 6.07) is 0. The second-order valence-electron chi connectivity index (χ2n) is 6.41. The first kappa shape index (κ1) is 11.9. The second kappa shape index (κ2) is 3.73. The van der Waals surface area contributed by atoms with Gasteiger partial charge < -0.3 is 5.11 Å². The molecule has 3 atom stereocenters. The summed E-state index contributed by atoms with van der Waals surface area (Å²) in [6.45, 7) is 8.60. The lowest BCUT2D eigenvalue weighted by molar-refractivity contribution is -0.0108. The molecule has 2 rings (SSSR count). The standard InChI is InChI=1S/C15H24O/c1-11-6-5-7-12-8-9-13(14(2,3)16)10-15(11,12)4/h5,7-8,11,13,16H,6,9-10H2,1-4H3/t11-,13-,15+/m1/s1. The lowest BCUT2D eigenvalue weighted by Gasteiger charge is -2.47. The summed E-state index contributed by atoms with van der Waals surface area (Å²) in [5, 5.41) is 10.2. The third kappa shape index (κ3) is 1.86. The lowest BCUT2D eigenvalue weighted by atomic mass is 9.59. The Labute approximate surface area is 99.3 Å². The molecule has 0 aromatic heterocycles. The van der Waals surface area contributed by atoms with E-state index in [0.717, 1.165) is 12.8 Å². The van der Waals surface area contributed by atoms with Gasteiger partial charge in [-0.2, -0.15) is 0 Å². The lowest BCUT2D eigenvalue weighted by Crippen LogP contribution is -2.41. The fourth-order valence-corrected chi connectivity index (χ4v) is 3.16. The van der Waals surface area contributed by atoms with Crippen molar-refractivity contribution in [2.24, 2.45) is 17.3 Å². The van der Waals surface area contributed by atoms with Crippen molar-refractivity contribution in [1.29, 1.82) is 0 Å². The van der Waals surface area contributed by atoms with Gasteiger partial charge in [0.2, 0.25) is 0 Å². The molecule has 0 spiro atoms. The maximum absolute atomic E-state index is 10.2. The molecule has 0 fully saturated rings. The number of hydrogen-bond donors (Lipinski definition) is 1. The van der Waals surface area contributed by atoms with Gasteiger partial charge >= 0.3 is 0 Å². The highest BCUT2D eigenvalue weighted by Gasteiger charge is 2.43. The number of hydrogen-bond acceptors (Lipinski definition) is 1. The molecule has 0 aromatic carbocycles. The highest BCUT2D eigenvalue weighted by Crippen LogP contribution is 2.51. The molecule has 0 amide bonds. The van der Waals surface area contributed by atoms with Crippen molar-refractivity contribution in [2.75, 3.05) is 0 Å². The van der Waals surface area contributed by atoms with Crippen LogP contribution < -0.4 is 0 Å². The van der Waals surface area contributed by atoms with E-state index in [4.69, 9.17) is 0 Å². The first-order chi connectivity index (χ1) is 7.34. The summed E-state index contributed by atoms with van der Waals surface area (Å²) in [7, 11) is 0. The van der Waals surface area contributed by atoms with Crippen LogP contribution in [0.25, 0.3) is 0 Å². The zero-order valence-corrected chi connectivity index (χ0v) is 11.0. The van der Waals surface area contributed by atoms with Crippen molar-refractivity contribution in [3.05, 3.63) is 23.8 Å². The van der Waals surface area contributed by atoms with Crippen LogP contribution in [0.15, 0.2) is 23.8 Å². The molecule has 16 heavy (non-hydrogen) atoms. The molecule has 0 saturated carbocycles. The van der Waals surface area contributed by atoms with E-state index in [0.29, 0.717) is 11.8 Å². The smallest absolute Gasteiger partial charge is 0.0623 e. The van der Waals surface area contributed by atoms with Crippen molar-refractivity contribution in [3.8, 4) is 0 Å². The summed E-state index contributed by atoms with van der Waals surface area (Å²) < 4.78 is 0. The summed E-state index contributed by atoms with van der Waals surface area (Å²) in [5.41, 5.74) is 1.22. The molecule has 0 radical (unpaired) electrons. The van der Waals surface area contributed by atoms with Crippen LogP contribution >= 0.6 is 0 Å². The van der Waals surface area contributed by atoms with Crippen LogP contribution in [-0.4, -0.2) is 10.7 Å². The van der Waals surface area contributed by atoms with Crippen molar-refractivity contribution in [2.45, 2.75) is 52.6 Å². The molecule has 1 nitrogen and oxygen atoms in total. The van der Waals surface area contributed by atoms with Crippen LogP contribution in [0.1, 0.15) is 47.0 Å². The van der Waals surface area contributed by atoms with Gasteiger partial charge in [-0.05, 0) is 55.9 Å². The largest absolute Gasteiger partial charge is 0.390 e. The SMILES string of the molecule is C[C@@H]1CC=CC2=CC[C@@H](C(C)(C)O)C[C@]21C. The molecule has 2 aliphatic carbocycles. The van der Waals surface area contributed by atoms with Crippen LogP contribution in [-0.2, 0) is 0 Å². The summed E-state index contributed by atoms with van der Waals surface area (Å²) >= 11 is 0. The van der Waals surface area contributed by atoms with E-state index in [2.05, 4.69) is 32.1 Å². The van der Waals surface area contributed by atoms with Gasteiger partial charge in [0.15, 0.2) is 0 Å². The number of aliphatic hydroxyl groups is 1. The van der Waals surface area contributed by atoms with Crippen LogP contribution in [0.2, 0.25) is 0 Å². The maximum Gasteiger partial charge on any atom is 0.0623 e. The minimum Gasteiger partial charge on any atom is -0.390 e. The van der Waals surface area contributed by atoms with E-state index in [-0.39, 0.29) is 5.41 Å². The Morgan fingerprint density at radius 3 is 2.69 bits per heavy atom. The van der Waals surface area contributed by atoms with Crippen molar-refractivity contribution < 1.29 is 5.11 Å². The molecular formula is C15H24O. The average molecular weight is 220 g/mol. The number of allylic oxidation sites excluding steroid dienone is 4. The zero-order valence-electron chi connectivity index (χ0n) is 11.0. The van der Waals surface area contributed by atoms with E-state index >= 15 is 0 Å². The minimum atomic E-state index is -0.550. The summed E-state index contributed by atoms with van der Waals surface area (Å²) in [5.74, 6) is 1.09. The first-order valence-electron chi connectivity index (χ1n) is 6.43. The van der Waals surface area contributed by atoms with Gasteiger partial charge in [0.1, 0.15) is 0 Å². The highest BCUT2D eigenvalue weighted by atomic mass is 16.3. The molecule has 0 unspecified atom stereocenters. The Morgan fingerprint density at radius 2 is 2.06 bits per heavy atom. The molecule has 1 heteroatoms. The second-order valence-corrected chi connectivity index (χ2v) is 6.41. The number of fused-ring (bicyclic) bond motifs is 1. The molecule has 1 N–H and O–H groups in total. The Bertz CT molecular complexity index is 332. The molecule has 0 aliphatic heterocycles. The molecule has 0 heterocycles. The monoisotopic (exact) mass is 220 g/mol. The van der Waals surface area contributed by atoms with E-state index in [9.17, 15) is 5.11 Å². The first-order valence-corrected chi connectivity index (χ1v) is 6.43. The predicted octanol–water partition coefficient (Wildman–Crippen LogP) is 3.70. The quantitative estimate of drug-likeness (QED) is 0.714. The van der Waals surface area contributed by atoms with Crippen molar-refractivity contribution in [3.63, 3.8) is 0 Å². The van der Waals surface area contributed by atoms with Gasteiger partial charge in [0.25, 0.3) is 0 Å². The Balaban J connectivity index is 2.30. The average Bonchev–Trinajstić information content (AvgIpc) is 2.17. The van der Waals surface area contributed by atoms with Crippen LogP contribution in [0, 0.1) is 17.3 Å². The summed E-state index contributed by atoms with van der Waals surface area (Å²) in [6.07, 6.45) is 10.2. The molecule has 0 aromatic rings. The predicted molar refractivity (Wildman–Crippen MR) is 68.1 cm³/mol.